The maximum absolute atomic E-state index is 12.4. The van der Waals surface area contributed by atoms with Gasteiger partial charge in [0, 0.05) is 29.3 Å². The molecule has 0 aliphatic heterocycles. The molecule has 7 heteroatoms. The molecule has 6 nitrogen and oxygen atoms in total. The van der Waals surface area contributed by atoms with Crippen LogP contribution in [0.4, 0.5) is 11.4 Å². The first-order valence-electron chi connectivity index (χ1n) is 7.78. The van der Waals surface area contributed by atoms with E-state index in [1.54, 1.807) is 55.7 Å². The molecule has 2 N–H and O–H groups in total. The smallest absolute Gasteiger partial charge is 0.257 e. The lowest BCUT2D eigenvalue weighted by molar-refractivity contribution is 0.101. The minimum atomic E-state index is -0.390. The van der Waals surface area contributed by atoms with E-state index in [1.807, 2.05) is 0 Å². The van der Waals surface area contributed by atoms with Gasteiger partial charge in [0.25, 0.3) is 11.8 Å². The highest BCUT2D eigenvalue weighted by molar-refractivity contribution is 6.34. The van der Waals surface area contributed by atoms with E-state index in [0.717, 1.165) is 5.69 Å². The van der Waals surface area contributed by atoms with Crippen molar-refractivity contribution in [3.05, 3.63) is 82.9 Å². The third-order valence-corrected chi connectivity index (χ3v) is 3.88. The predicted molar refractivity (Wildman–Crippen MR) is 101 cm³/mol. The normalized spacial score (nSPS) is 10.2. The Balaban J connectivity index is 1.79. The van der Waals surface area contributed by atoms with Crippen LogP contribution in [0.5, 0.6) is 0 Å². The van der Waals surface area contributed by atoms with E-state index in [-0.39, 0.29) is 22.4 Å². The average Bonchev–Trinajstić information content (AvgIpc) is 2.64. The molecule has 0 saturated heterocycles. The third-order valence-electron chi connectivity index (χ3n) is 3.55. The van der Waals surface area contributed by atoms with Crippen LogP contribution in [0.2, 0.25) is 5.02 Å². The molecule has 130 valence electrons. The van der Waals surface area contributed by atoms with Gasteiger partial charge in [0.15, 0.2) is 0 Å². The van der Waals surface area contributed by atoms with Crippen LogP contribution >= 0.6 is 11.6 Å². The predicted octanol–water partition coefficient (Wildman–Crippen LogP) is 3.94. The lowest BCUT2D eigenvalue weighted by atomic mass is 10.1. The fourth-order valence-corrected chi connectivity index (χ4v) is 2.51. The molecule has 0 spiro atoms. The zero-order chi connectivity index (χ0) is 18.5. The van der Waals surface area contributed by atoms with Crippen LogP contribution in [0, 0.1) is 6.92 Å². The van der Waals surface area contributed by atoms with Gasteiger partial charge in [-0.3, -0.25) is 19.6 Å². The Hall–Kier alpha value is -3.25. The Labute approximate surface area is 155 Å². The maximum atomic E-state index is 12.4. The Morgan fingerprint density at radius 3 is 2.50 bits per heavy atom. The number of anilines is 2. The molecule has 0 unspecified atom stereocenters. The lowest BCUT2D eigenvalue weighted by Crippen LogP contribution is -2.15. The van der Waals surface area contributed by atoms with Crippen molar-refractivity contribution in [3.63, 3.8) is 0 Å². The minimum absolute atomic E-state index is 0.249. The van der Waals surface area contributed by atoms with Gasteiger partial charge in [-0.05, 0) is 49.4 Å². The van der Waals surface area contributed by atoms with Gasteiger partial charge in [-0.15, -0.1) is 0 Å². The molecule has 0 aliphatic rings. The van der Waals surface area contributed by atoms with Gasteiger partial charge in [-0.2, -0.15) is 0 Å². The van der Waals surface area contributed by atoms with Crippen LogP contribution in [0.3, 0.4) is 0 Å². The van der Waals surface area contributed by atoms with E-state index < -0.39 is 0 Å². The zero-order valence-corrected chi connectivity index (χ0v) is 14.6. The van der Waals surface area contributed by atoms with Gasteiger partial charge in [0.1, 0.15) is 0 Å². The summed E-state index contributed by atoms with van der Waals surface area (Å²) in [4.78, 5) is 32.8. The Bertz CT molecular complexity index is 961. The molecular formula is C19H15ClN4O2. The molecule has 2 heterocycles. The van der Waals surface area contributed by atoms with Crippen molar-refractivity contribution in [1.29, 1.82) is 0 Å². The van der Waals surface area contributed by atoms with Crippen molar-refractivity contribution in [2.75, 3.05) is 10.6 Å². The lowest BCUT2D eigenvalue weighted by Gasteiger charge is -2.10. The Kier molecular flexibility index (Phi) is 5.24. The molecule has 1 aromatic carbocycles. The highest BCUT2D eigenvalue weighted by Crippen LogP contribution is 2.22. The van der Waals surface area contributed by atoms with Gasteiger partial charge in [0.2, 0.25) is 0 Å². The highest BCUT2D eigenvalue weighted by Gasteiger charge is 2.13. The number of nitrogens with one attached hydrogen (secondary N) is 2. The average molecular weight is 367 g/mol. The number of carbonyl (C=O) groups is 2. The zero-order valence-electron chi connectivity index (χ0n) is 13.9. The minimum Gasteiger partial charge on any atom is -0.322 e. The number of amides is 2. The second-order valence-electron chi connectivity index (χ2n) is 5.53. The summed E-state index contributed by atoms with van der Waals surface area (Å²) in [6, 6.07) is 11.5. The Morgan fingerprint density at radius 1 is 0.962 bits per heavy atom. The van der Waals surface area contributed by atoms with Gasteiger partial charge in [-0.1, -0.05) is 11.6 Å². The SMILES string of the molecule is Cc1cc(C(=O)Nc2ccc(Cl)c(C(=O)Nc3cccnc3)c2)ccn1. The van der Waals surface area contributed by atoms with Crippen LogP contribution in [-0.4, -0.2) is 21.8 Å². The molecular weight excluding hydrogens is 352 g/mol. The van der Waals surface area contributed by atoms with Gasteiger partial charge >= 0.3 is 0 Å². The number of nitrogens with zero attached hydrogens (tertiary/aromatic N) is 2. The summed E-state index contributed by atoms with van der Waals surface area (Å²) in [5, 5.41) is 5.75. The number of rotatable bonds is 4. The number of aryl methyl sites for hydroxylation is 1. The van der Waals surface area contributed by atoms with E-state index >= 15 is 0 Å². The number of aromatic nitrogens is 2. The maximum Gasteiger partial charge on any atom is 0.257 e. The third kappa shape index (κ3) is 4.23. The van der Waals surface area contributed by atoms with Crippen molar-refractivity contribution in [3.8, 4) is 0 Å². The van der Waals surface area contributed by atoms with Crippen molar-refractivity contribution in [1.82, 2.24) is 9.97 Å². The number of hydrogen-bond donors (Lipinski definition) is 2. The summed E-state index contributed by atoms with van der Waals surface area (Å²) in [7, 11) is 0. The van der Waals surface area contributed by atoms with Gasteiger partial charge in [-0.25, -0.2) is 0 Å². The number of carbonyl (C=O) groups excluding carboxylic acids is 2. The van der Waals surface area contributed by atoms with Crippen LogP contribution < -0.4 is 10.6 Å². The molecule has 0 radical (unpaired) electrons. The van der Waals surface area contributed by atoms with Crippen molar-refractivity contribution in [2.45, 2.75) is 6.92 Å². The van der Waals surface area contributed by atoms with Crippen LogP contribution in [0.15, 0.2) is 61.1 Å². The summed E-state index contributed by atoms with van der Waals surface area (Å²) < 4.78 is 0. The summed E-state index contributed by atoms with van der Waals surface area (Å²) in [6.07, 6.45) is 4.71. The fraction of sp³-hybridized carbons (Fsp3) is 0.0526. The fourth-order valence-electron chi connectivity index (χ4n) is 2.30. The second kappa shape index (κ2) is 7.76. The van der Waals surface area contributed by atoms with Crippen LogP contribution in [-0.2, 0) is 0 Å². The molecule has 0 atom stereocenters. The molecule has 0 fully saturated rings. The monoisotopic (exact) mass is 366 g/mol. The van der Waals surface area contributed by atoms with Crippen molar-refractivity contribution in [2.24, 2.45) is 0 Å². The number of benzene rings is 1. The molecule has 0 aliphatic carbocycles. The van der Waals surface area contributed by atoms with E-state index in [4.69, 9.17) is 11.6 Å². The summed E-state index contributed by atoms with van der Waals surface area (Å²) in [6.45, 7) is 1.81. The molecule has 3 aromatic rings. The molecule has 2 amide bonds. The first-order chi connectivity index (χ1) is 12.5. The van der Waals surface area contributed by atoms with Crippen LogP contribution in [0.1, 0.15) is 26.4 Å². The van der Waals surface area contributed by atoms with E-state index in [9.17, 15) is 9.59 Å². The summed E-state index contributed by atoms with van der Waals surface area (Å²) >= 11 is 6.13. The van der Waals surface area contributed by atoms with Gasteiger partial charge < -0.3 is 10.6 Å². The first-order valence-corrected chi connectivity index (χ1v) is 8.15. The van der Waals surface area contributed by atoms with E-state index in [0.29, 0.717) is 16.9 Å². The quantitative estimate of drug-likeness (QED) is 0.732. The van der Waals surface area contributed by atoms with Crippen LogP contribution in [0.25, 0.3) is 0 Å². The molecule has 0 bridgehead atoms. The standard InChI is InChI=1S/C19H15ClN4O2/c1-12-9-13(6-8-22-12)18(25)23-14-4-5-17(20)16(10-14)19(26)24-15-3-2-7-21-11-15/h2-11H,1H3,(H,23,25)(H,24,26). The van der Waals surface area contributed by atoms with E-state index in [1.165, 1.54) is 12.3 Å². The Morgan fingerprint density at radius 2 is 1.77 bits per heavy atom. The number of pyridine rings is 2. The van der Waals surface area contributed by atoms with Crippen molar-refractivity contribution >= 4 is 34.8 Å². The summed E-state index contributed by atoms with van der Waals surface area (Å²) in [5.74, 6) is -0.685. The summed E-state index contributed by atoms with van der Waals surface area (Å²) in [5.41, 5.74) is 2.49. The van der Waals surface area contributed by atoms with Gasteiger partial charge in [0.05, 0.1) is 22.5 Å². The number of halogens is 1. The molecule has 0 saturated carbocycles. The number of hydrogen-bond acceptors (Lipinski definition) is 4. The highest BCUT2D eigenvalue weighted by atomic mass is 35.5. The topological polar surface area (TPSA) is 84.0 Å². The largest absolute Gasteiger partial charge is 0.322 e. The first kappa shape index (κ1) is 17.6. The van der Waals surface area contributed by atoms with E-state index in [2.05, 4.69) is 20.6 Å². The molecule has 3 rings (SSSR count). The van der Waals surface area contributed by atoms with Crippen molar-refractivity contribution < 1.29 is 9.59 Å². The molecule has 2 aromatic heterocycles. The molecule has 26 heavy (non-hydrogen) atoms. The second-order valence-corrected chi connectivity index (χ2v) is 5.94.